The second kappa shape index (κ2) is 10.9. The molecule has 0 bridgehead atoms. The number of amides is 1. The second-order valence-electron chi connectivity index (χ2n) is 9.58. The number of fused-ring (bicyclic) bond motifs is 1. The highest BCUT2D eigenvalue weighted by atomic mass is 32.2. The highest BCUT2D eigenvalue weighted by Gasteiger charge is 2.23. The molecule has 206 valence electrons. The highest BCUT2D eigenvalue weighted by Crippen LogP contribution is 2.37. The number of hydrogen-bond donors (Lipinski definition) is 2. The lowest BCUT2D eigenvalue weighted by atomic mass is 10.1. The van der Waals surface area contributed by atoms with Crippen molar-refractivity contribution in [1.29, 1.82) is 0 Å². The van der Waals surface area contributed by atoms with Gasteiger partial charge < -0.3 is 19.6 Å². The van der Waals surface area contributed by atoms with E-state index >= 15 is 0 Å². The number of thioether (sulfide) groups is 1. The van der Waals surface area contributed by atoms with Crippen LogP contribution in [0, 0.1) is 6.92 Å². The van der Waals surface area contributed by atoms with Crippen LogP contribution < -0.4 is 4.90 Å². The minimum Gasteiger partial charge on any atom is -0.507 e. The zero-order valence-electron chi connectivity index (χ0n) is 22.3. The van der Waals surface area contributed by atoms with Gasteiger partial charge in [-0.15, -0.1) is 21.5 Å². The maximum atomic E-state index is 12.8. The van der Waals surface area contributed by atoms with Gasteiger partial charge in [0.1, 0.15) is 5.75 Å². The molecule has 1 aliphatic heterocycles. The number of aromatic nitrogens is 6. The summed E-state index contributed by atoms with van der Waals surface area (Å²) in [6.07, 6.45) is 1.88. The predicted octanol–water partition coefficient (Wildman–Crippen LogP) is 4.11. The van der Waals surface area contributed by atoms with Gasteiger partial charge in [-0.05, 0) is 37.3 Å². The number of carbonyl (C=O) groups is 1. The zero-order valence-corrected chi connectivity index (χ0v) is 23.9. The summed E-state index contributed by atoms with van der Waals surface area (Å²) < 4.78 is 7.44. The number of benzene rings is 2. The van der Waals surface area contributed by atoms with Gasteiger partial charge in [-0.3, -0.25) is 14.5 Å². The van der Waals surface area contributed by atoms with Crippen LogP contribution in [0.15, 0.2) is 47.8 Å². The molecule has 2 N–H and O–H groups in total. The Morgan fingerprint density at radius 1 is 1.15 bits per heavy atom. The summed E-state index contributed by atoms with van der Waals surface area (Å²) in [5, 5.41) is 29.5. The molecule has 1 saturated heterocycles. The molecule has 0 spiro atoms. The second-order valence-corrected chi connectivity index (χ2v) is 11.8. The Hall–Kier alpha value is -3.94. The van der Waals surface area contributed by atoms with Crippen molar-refractivity contribution in [2.45, 2.75) is 17.8 Å². The Labute approximate surface area is 238 Å². The van der Waals surface area contributed by atoms with Gasteiger partial charge in [-0.2, -0.15) is 5.10 Å². The number of aryl methyl sites for hydroxylation is 1. The highest BCUT2D eigenvalue weighted by molar-refractivity contribution is 7.98. The molecule has 1 fully saturated rings. The van der Waals surface area contributed by atoms with E-state index in [2.05, 4.69) is 42.4 Å². The Balaban J connectivity index is 1.43. The predicted molar refractivity (Wildman–Crippen MR) is 156 cm³/mol. The number of aromatic hydroxyl groups is 1. The lowest BCUT2D eigenvalue weighted by Gasteiger charge is -2.29. The fourth-order valence-corrected chi connectivity index (χ4v) is 6.39. The third-order valence-electron chi connectivity index (χ3n) is 6.66. The number of phenols is 1. The largest absolute Gasteiger partial charge is 0.507 e. The number of morpholine rings is 1. The van der Waals surface area contributed by atoms with E-state index in [0.717, 1.165) is 34.3 Å². The van der Waals surface area contributed by atoms with Crippen LogP contribution in [0.5, 0.6) is 5.75 Å². The standard InChI is InChI=1S/C27H28N8O3S2/c1-16-28-14-19(40-16)15-39-27-32-31-25(35(27)18-6-4-17(5-7-18)34-8-10-38-11-9-34)21-12-20-22(13-23(21)36)29-30-24(20)26(37)33(2)3/h4-7,12-14,36H,8-11,15H2,1-3H3,(H,29,30). The van der Waals surface area contributed by atoms with E-state index in [1.54, 1.807) is 49.3 Å². The van der Waals surface area contributed by atoms with Gasteiger partial charge in [-0.25, -0.2) is 4.98 Å². The zero-order chi connectivity index (χ0) is 27.8. The van der Waals surface area contributed by atoms with Gasteiger partial charge in [0.25, 0.3) is 5.91 Å². The molecule has 6 rings (SSSR count). The number of rotatable bonds is 7. The molecule has 0 radical (unpaired) electrons. The van der Waals surface area contributed by atoms with Crippen LogP contribution in [-0.2, 0) is 10.5 Å². The Morgan fingerprint density at radius 2 is 1.90 bits per heavy atom. The van der Waals surface area contributed by atoms with Crippen molar-refractivity contribution in [2.75, 3.05) is 45.3 Å². The summed E-state index contributed by atoms with van der Waals surface area (Å²) in [5.41, 5.74) is 3.26. The number of H-pyrrole nitrogens is 1. The van der Waals surface area contributed by atoms with Gasteiger partial charge in [0, 0.05) is 66.8 Å². The molecule has 40 heavy (non-hydrogen) atoms. The first-order valence-corrected chi connectivity index (χ1v) is 14.5. The molecule has 0 aliphatic carbocycles. The monoisotopic (exact) mass is 576 g/mol. The van der Waals surface area contributed by atoms with Crippen molar-refractivity contribution in [2.24, 2.45) is 0 Å². The molecule has 1 amide bonds. The van der Waals surface area contributed by atoms with Crippen molar-refractivity contribution in [1.82, 2.24) is 34.8 Å². The quantitative estimate of drug-likeness (QED) is 0.275. The lowest BCUT2D eigenvalue weighted by Crippen LogP contribution is -2.36. The molecule has 2 aromatic carbocycles. The molecular weight excluding hydrogens is 548 g/mol. The average Bonchev–Trinajstić information content (AvgIpc) is 3.69. The summed E-state index contributed by atoms with van der Waals surface area (Å²) in [6, 6.07) is 11.5. The molecule has 1 aliphatic rings. The van der Waals surface area contributed by atoms with Crippen molar-refractivity contribution >= 4 is 45.6 Å². The number of phenolic OH excluding ortho intramolecular Hbond substituents is 1. The number of nitrogens with zero attached hydrogens (tertiary/aromatic N) is 7. The van der Waals surface area contributed by atoms with Crippen LogP contribution >= 0.6 is 23.1 Å². The smallest absolute Gasteiger partial charge is 0.274 e. The molecule has 4 heterocycles. The SMILES string of the molecule is Cc1ncc(CSc2nnc(-c3cc4c(C(=O)N(C)C)n[nH]c4cc3O)n2-c2ccc(N3CCOCC3)cc2)s1. The first-order chi connectivity index (χ1) is 19.4. The molecule has 0 atom stereocenters. The number of aromatic amines is 1. The van der Waals surface area contributed by atoms with Crippen molar-refractivity contribution in [3.8, 4) is 22.8 Å². The molecule has 0 saturated carbocycles. The number of thiazole rings is 1. The van der Waals surface area contributed by atoms with Crippen LogP contribution in [0.3, 0.4) is 0 Å². The van der Waals surface area contributed by atoms with Gasteiger partial charge in [0.15, 0.2) is 16.7 Å². The summed E-state index contributed by atoms with van der Waals surface area (Å²) in [7, 11) is 3.35. The van der Waals surface area contributed by atoms with E-state index in [9.17, 15) is 9.90 Å². The summed E-state index contributed by atoms with van der Waals surface area (Å²) in [6.45, 7) is 5.10. The topological polar surface area (TPSA) is 125 Å². The van der Waals surface area contributed by atoms with E-state index in [1.807, 2.05) is 29.8 Å². The van der Waals surface area contributed by atoms with Crippen molar-refractivity contribution in [3.05, 3.63) is 58.2 Å². The first kappa shape index (κ1) is 26.3. The number of hydrogen-bond acceptors (Lipinski definition) is 10. The number of anilines is 1. The maximum absolute atomic E-state index is 12.8. The number of ether oxygens (including phenoxy) is 1. The minimum atomic E-state index is -0.237. The number of nitrogens with one attached hydrogen (secondary N) is 1. The van der Waals surface area contributed by atoms with Crippen LogP contribution in [0.2, 0.25) is 0 Å². The van der Waals surface area contributed by atoms with E-state index in [4.69, 9.17) is 4.74 Å². The van der Waals surface area contributed by atoms with Crippen LogP contribution in [0.1, 0.15) is 20.4 Å². The summed E-state index contributed by atoms with van der Waals surface area (Å²) in [4.78, 5) is 22.0. The molecule has 11 nitrogen and oxygen atoms in total. The molecule has 0 unspecified atom stereocenters. The van der Waals surface area contributed by atoms with E-state index < -0.39 is 0 Å². The van der Waals surface area contributed by atoms with Crippen LogP contribution in [0.25, 0.3) is 28.0 Å². The normalized spacial score (nSPS) is 13.7. The molecule has 5 aromatic rings. The van der Waals surface area contributed by atoms with E-state index in [0.29, 0.717) is 46.4 Å². The number of carbonyl (C=O) groups excluding carboxylic acids is 1. The Kier molecular flexibility index (Phi) is 7.17. The van der Waals surface area contributed by atoms with Gasteiger partial charge in [0.2, 0.25) is 0 Å². The molecular formula is C27H28N8O3S2. The average molecular weight is 577 g/mol. The molecule has 13 heteroatoms. The summed E-state index contributed by atoms with van der Waals surface area (Å²) >= 11 is 3.20. The summed E-state index contributed by atoms with van der Waals surface area (Å²) in [5.74, 6) is 0.919. The minimum absolute atomic E-state index is 0.00761. The maximum Gasteiger partial charge on any atom is 0.274 e. The van der Waals surface area contributed by atoms with Crippen molar-refractivity contribution < 1.29 is 14.6 Å². The lowest BCUT2D eigenvalue weighted by molar-refractivity contribution is 0.0823. The fraction of sp³-hybridized carbons (Fsp3) is 0.296. The van der Waals surface area contributed by atoms with Crippen LogP contribution in [0.4, 0.5) is 5.69 Å². The van der Waals surface area contributed by atoms with Gasteiger partial charge >= 0.3 is 0 Å². The fourth-order valence-electron chi connectivity index (χ4n) is 4.62. The van der Waals surface area contributed by atoms with Crippen LogP contribution in [-0.4, -0.2) is 86.3 Å². The van der Waals surface area contributed by atoms with Crippen molar-refractivity contribution in [3.63, 3.8) is 0 Å². The molecule has 3 aromatic heterocycles. The van der Waals surface area contributed by atoms with E-state index in [-0.39, 0.29) is 17.4 Å². The Bertz CT molecular complexity index is 1670. The van der Waals surface area contributed by atoms with Gasteiger partial charge in [-0.1, -0.05) is 11.8 Å². The first-order valence-electron chi connectivity index (χ1n) is 12.7. The Morgan fingerprint density at radius 3 is 2.60 bits per heavy atom. The van der Waals surface area contributed by atoms with E-state index in [1.165, 1.54) is 4.90 Å². The third kappa shape index (κ3) is 5.03. The van der Waals surface area contributed by atoms with Gasteiger partial charge in [0.05, 0.1) is 29.3 Å². The third-order valence-corrected chi connectivity index (χ3v) is 8.73.